The molecule has 12 nitrogen and oxygen atoms in total. The third-order valence-electron chi connectivity index (χ3n) is 11.6. The highest BCUT2D eigenvalue weighted by Gasteiger charge is 2.30. The summed E-state index contributed by atoms with van der Waals surface area (Å²) >= 11 is 5.86. The monoisotopic (exact) mass is 918 g/mol. The molecule has 0 saturated carbocycles. The van der Waals surface area contributed by atoms with E-state index in [1.807, 2.05) is 70.4 Å². The van der Waals surface area contributed by atoms with Gasteiger partial charge in [0.05, 0.1) is 24.5 Å². The van der Waals surface area contributed by atoms with Gasteiger partial charge in [0.25, 0.3) is 0 Å². The van der Waals surface area contributed by atoms with Gasteiger partial charge in [-0.25, -0.2) is 18.7 Å². The van der Waals surface area contributed by atoms with E-state index in [1.54, 1.807) is 55.1 Å². The average Bonchev–Trinajstić information content (AvgIpc) is 3.31. The molecule has 2 atom stereocenters. The quantitative estimate of drug-likeness (QED) is 0.121. The number of aromatic nitrogens is 6. The molecular weight excluding hydrogens is 870 g/mol. The fourth-order valence-electron chi connectivity index (χ4n) is 7.99. The Balaban J connectivity index is 0.000000151. The van der Waals surface area contributed by atoms with E-state index < -0.39 is 0 Å². The zero-order valence-corrected chi connectivity index (χ0v) is 38.6. The van der Waals surface area contributed by atoms with Crippen molar-refractivity contribution in [2.75, 3.05) is 48.2 Å². The van der Waals surface area contributed by atoms with Crippen molar-refractivity contribution >= 4 is 40.6 Å². The number of pyridine rings is 2. The summed E-state index contributed by atoms with van der Waals surface area (Å²) in [4.78, 5) is 29.7. The summed E-state index contributed by atoms with van der Waals surface area (Å²) < 4.78 is 40.1. The Hall–Kier alpha value is -7.71. The van der Waals surface area contributed by atoms with Gasteiger partial charge in [0.15, 0.2) is 23.1 Å². The zero-order valence-electron chi connectivity index (χ0n) is 37.9. The summed E-state index contributed by atoms with van der Waals surface area (Å²) in [5.41, 5.74) is 15.7. The number of hydrogen-bond acceptors (Lipinski definition) is 12. The van der Waals surface area contributed by atoms with Crippen LogP contribution in [0.5, 0.6) is 11.5 Å². The predicted octanol–water partition coefficient (Wildman–Crippen LogP) is 11.4. The molecule has 10 rings (SSSR count). The SMILES string of the molecule is Cc1cc(-c2ccc(N)cc2F)ccn1.Cc1cc(-c2ccc(Nc3ncc4c(n3)N(C)C(c3ccccc3C)CO4)cc2F)ccn1.Cc1ccccc1C1COc2cnc(Cl)nc2N1C. The Morgan fingerprint density at radius 2 is 1.12 bits per heavy atom. The molecular formula is C52H49ClF2N10O2. The molecule has 2 aliphatic rings. The molecule has 15 heteroatoms. The smallest absolute Gasteiger partial charge is 0.229 e. The number of rotatable bonds is 6. The Morgan fingerprint density at radius 3 is 1.64 bits per heavy atom. The highest BCUT2D eigenvalue weighted by molar-refractivity contribution is 6.28. The lowest BCUT2D eigenvalue weighted by atomic mass is 10.00. The molecule has 6 heterocycles. The first-order valence-corrected chi connectivity index (χ1v) is 21.9. The van der Waals surface area contributed by atoms with Crippen molar-refractivity contribution in [2.24, 2.45) is 0 Å². The van der Waals surface area contributed by atoms with E-state index >= 15 is 0 Å². The van der Waals surface area contributed by atoms with Crippen molar-refractivity contribution in [3.05, 3.63) is 185 Å². The topological polar surface area (TPSA) is 140 Å². The predicted molar refractivity (Wildman–Crippen MR) is 261 cm³/mol. The molecule has 0 saturated heterocycles. The molecule has 4 aromatic carbocycles. The minimum absolute atomic E-state index is 0.0435. The third-order valence-corrected chi connectivity index (χ3v) is 11.8. The normalized spacial score (nSPS) is 14.8. The van der Waals surface area contributed by atoms with Crippen LogP contribution in [-0.2, 0) is 0 Å². The van der Waals surface area contributed by atoms with Gasteiger partial charge < -0.3 is 30.3 Å². The average molecular weight is 919 g/mol. The molecule has 0 radical (unpaired) electrons. The van der Waals surface area contributed by atoms with E-state index in [0.29, 0.717) is 59.0 Å². The molecule has 0 aliphatic carbocycles. The lowest BCUT2D eigenvalue weighted by molar-refractivity contribution is 0.264. The van der Waals surface area contributed by atoms with Crippen LogP contribution in [0.15, 0.2) is 134 Å². The standard InChI is InChI=1S/C26H24FN5O.C14H14ClN3O.C12H11FN2/c1-16-6-4-5-7-20(16)23-15-33-24-14-29-26(31-25(24)32(23)3)30-19-8-9-21(22(27)13-19)18-10-11-28-17(2)12-18;1-9-5-3-4-6-10(9)11-8-19-12-7-16-14(15)17-13(12)18(11)2;1-8-6-9(4-5-15-8)11-3-2-10(14)7-12(11)13/h4-14,23H,15H2,1-3H3,(H,29,30,31);3-7,11H,8H2,1-2H3;2-7H,14H2,1H3. The van der Waals surface area contributed by atoms with Crippen molar-refractivity contribution in [3.63, 3.8) is 0 Å². The lowest BCUT2D eigenvalue weighted by Crippen LogP contribution is -2.34. The maximum atomic E-state index is 14.9. The number of nitrogens with zero attached hydrogens (tertiary/aromatic N) is 8. The van der Waals surface area contributed by atoms with Crippen LogP contribution in [-0.4, -0.2) is 57.2 Å². The molecule has 340 valence electrons. The van der Waals surface area contributed by atoms with Gasteiger partial charge in [0, 0.05) is 60.4 Å². The van der Waals surface area contributed by atoms with Crippen molar-refractivity contribution in [2.45, 2.75) is 39.8 Å². The lowest BCUT2D eigenvalue weighted by Gasteiger charge is -2.35. The number of fused-ring (bicyclic) bond motifs is 2. The molecule has 4 aromatic heterocycles. The Bertz CT molecular complexity index is 3050. The van der Waals surface area contributed by atoms with E-state index in [4.69, 9.17) is 26.8 Å². The van der Waals surface area contributed by atoms with Gasteiger partial charge in [-0.05, 0) is 133 Å². The Labute approximate surface area is 393 Å². The van der Waals surface area contributed by atoms with E-state index in [0.717, 1.165) is 28.3 Å². The highest BCUT2D eigenvalue weighted by atomic mass is 35.5. The first kappa shape index (κ1) is 45.8. The van der Waals surface area contributed by atoms with Crippen LogP contribution in [0.2, 0.25) is 5.28 Å². The number of benzene rings is 4. The van der Waals surface area contributed by atoms with E-state index in [1.165, 1.54) is 34.4 Å². The minimum Gasteiger partial charge on any atom is -0.486 e. The fraction of sp³-hybridized carbons (Fsp3) is 0.192. The Morgan fingerprint density at radius 1 is 0.612 bits per heavy atom. The van der Waals surface area contributed by atoms with Crippen molar-refractivity contribution < 1.29 is 18.3 Å². The molecule has 0 amide bonds. The van der Waals surface area contributed by atoms with Crippen LogP contribution in [0.25, 0.3) is 22.3 Å². The van der Waals surface area contributed by atoms with Crippen LogP contribution in [0.4, 0.5) is 37.7 Å². The van der Waals surface area contributed by atoms with Gasteiger partial charge in [-0.1, -0.05) is 48.5 Å². The summed E-state index contributed by atoms with van der Waals surface area (Å²) in [6, 6.07) is 33.7. The second-order valence-electron chi connectivity index (χ2n) is 16.2. The number of hydrogen-bond donors (Lipinski definition) is 2. The van der Waals surface area contributed by atoms with Crippen LogP contribution >= 0.6 is 11.6 Å². The van der Waals surface area contributed by atoms with Crippen LogP contribution in [0, 0.1) is 39.3 Å². The van der Waals surface area contributed by atoms with Crippen LogP contribution in [0.1, 0.15) is 45.7 Å². The number of nitrogens with one attached hydrogen (secondary N) is 1. The van der Waals surface area contributed by atoms with Gasteiger partial charge >= 0.3 is 0 Å². The first-order valence-electron chi connectivity index (χ1n) is 21.5. The summed E-state index contributed by atoms with van der Waals surface area (Å²) in [5, 5.41) is 3.35. The maximum Gasteiger partial charge on any atom is 0.229 e. The number of likely N-dealkylation sites (N-methyl/N-ethyl adjacent to an activating group) is 2. The fourth-order valence-corrected chi connectivity index (χ4v) is 8.12. The number of nitrogen functional groups attached to an aromatic ring is 1. The van der Waals surface area contributed by atoms with Gasteiger partial charge in [0.2, 0.25) is 11.2 Å². The van der Waals surface area contributed by atoms with Crippen molar-refractivity contribution in [1.82, 2.24) is 29.9 Å². The maximum absolute atomic E-state index is 14.9. The van der Waals surface area contributed by atoms with E-state index in [9.17, 15) is 8.78 Å². The summed E-state index contributed by atoms with van der Waals surface area (Å²) in [6.45, 7) is 9.06. The van der Waals surface area contributed by atoms with E-state index in [2.05, 4.69) is 83.1 Å². The van der Waals surface area contributed by atoms with Crippen molar-refractivity contribution in [1.29, 1.82) is 0 Å². The summed E-state index contributed by atoms with van der Waals surface area (Å²) in [5.74, 6) is 2.47. The molecule has 0 fully saturated rings. The number of halogens is 3. The molecule has 0 spiro atoms. The molecule has 2 aliphatic heterocycles. The Kier molecular flexibility index (Phi) is 13.8. The largest absolute Gasteiger partial charge is 0.486 e. The molecule has 0 bridgehead atoms. The summed E-state index contributed by atoms with van der Waals surface area (Å²) in [7, 11) is 4.00. The number of aryl methyl sites for hydroxylation is 4. The molecule has 2 unspecified atom stereocenters. The summed E-state index contributed by atoms with van der Waals surface area (Å²) in [6.07, 6.45) is 6.62. The van der Waals surface area contributed by atoms with E-state index in [-0.39, 0.29) is 29.0 Å². The second-order valence-corrected chi connectivity index (χ2v) is 16.6. The number of nitrogens with two attached hydrogens (primary N) is 1. The van der Waals surface area contributed by atoms with Gasteiger partial charge in [-0.2, -0.15) is 9.97 Å². The van der Waals surface area contributed by atoms with Crippen molar-refractivity contribution in [3.8, 4) is 33.8 Å². The molecule has 8 aromatic rings. The van der Waals surface area contributed by atoms with Gasteiger partial charge in [0.1, 0.15) is 24.8 Å². The number of ether oxygens (including phenoxy) is 2. The third kappa shape index (κ3) is 10.6. The highest BCUT2D eigenvalue weighted by Crippen LogP contribution is 2.39. The van der Waals surface area contributed by atoms with Crippen LogP contribution in [0.3, 0.4) is 0 Å². The van der Waals surface area contributed by atoms with Gasteiger partial charge in [-0.3, -0.25) is 9.97 Å². The first-order chi connectivity index (χ1) is 32.3. The second kappa shape index (κ2) is 20.2. The number of anilines is 5. The minimum atomic E-state index is -0.330. The zero-order chi connectivity index (χ0) is 47.2. The molecule has 3 N–H and O–H groups in total. The molecule has 67 heavy (non-hydrogen) atoms. The van der Waals surface area contributed by atoms with Crippen LogP contribution < -0.4 is 30.3 Å². The van der Waals surface area contributed by atoms with Gasteiger partial charge in [-0.15, -0.1) is 0 Å².